The fourth-order valence-electron chi connectivity index (χ4n) is 3.45. The van der Waals surface area contributed by atoms with E-state index in [1.807, 2.05) is 0 Å². The fourth-order valence-corrected chi connectivity index (χ4v) is 3.45. The minimum absolute atomic E-state index is 0.0442. The predicted molar refractivity (Wildman–Crippen MR) is 106 cm³/mol. The number of benzene rings is 2. The third-order valence-electron chi connectivity index (χ3n) is 5.04. The molecule has 0 unspecified atom stereocenters. The van der Waals surface area contributed by atoms with Crippen molar-refractivity contribution in [2.24, 2.45) is 0 Å². The standard InChI is InChI=1S/C21H20O10/c22-8-16-18(26)19(27)20(28)21(31-16)30-13-4-2-1-3-10(13)14-7-12(25)17-11(24)5-9(23)6-15(17)29-14/h1-7,16,18-24,26-28H,8H2/t16-,18-,19+,20-,21-/m1/s1. The molecular weight excluding hydrogens is 412 g/mol. The normalized spacial score (nSPS) is 26.1. The number of phenols is 2. The zero-order valence-electron chi connectivity index (χ0n) is 16.0. The third-order valence-corrected chi connectivity index (χ3v) is 5.04. The zero-order valence-corrected chi connectivity index (χ0v) is 16.0. The number of ether oxygens (including phenoxy) is 2. The van der Waals surface area contributed by atoms with E-state index in [4.69, 9.17) is 13.9 Å². The summed E-state index contributed by atoms with van der Waals surface area (Å²) < 4.78 is 16.7. The van der Waals surface area contributed by atoms with Crippen LogP contribution in [0, 0.1) is 0 Å². The van der Waals surface area contributed by atoms with Crippen LogP contribution in [0.1, 0.15) is 0 Å². The topological polar surface area (TPSA) is 170 Å². The van der Waals surface area contributed by atoms with Gasteiger partial charge in [0.25, 0.3) is 0 Å². The number of fused-ring (bicyclic) bond motifs is 1. The van der Waals surface area contributed by atoms with Gasteiger partial charge in [0.05, 0.1) is 12.2 Å². The highest BCUT2D eigenvalue weighted by atomic mass is 16.7. The molecule has 1 aromatic heterocycles. The van der Waals surface area contributed by atoms with Gasteiger partial charge >= 0.3 is 0 Å². The van der Waals surface area contributed by atoms with Crippen LogP contribution in [0.4, 0.5) is 0 Å². The molecule has 1 fully saturated rings. The molecule has 164 valence electrons. The smallest absolute Gasteiger partial charge is 0.229 e. The molecule has 2 aromatic carbocycles. The van der Waals surface area contributed by atoms with Gasteiger partial charge in [-0.15, -0.1) is 0 Å². The highest BCUT2D eigenvalue weighted by molar-refractivity contribution is 5.86. The first-order valence-corrected chi connectivity index (χ1v) is 9.36. The third kappa shape index (κ3) is 3.82. The maximum Gasteiger partial charge on any atom is 0.229 e. The molecule has 31 heavy (non-hydrogen) atoms. The number of hydrogen-bond acceptors (Lipinski definition) is 10. The number of aliphatic hydroxyl groups excluding tert-OH is 4. The average molecular weight is 432 g/mol. The second-order valence-corrected chi connectivity index (χ2v) is 7.12. The Kier molecular flexibility index (Phi) is 5.56. The summed E-state index contributed by atoms with van der Waals surface area (Å²) in [4.78, 5) is 12.5. The van der Waals surface area contributed by atoms with E-state index >= 15 is 0 Å². The molecule has 4 rings (SSSR count). The lowest BCUT2D eigenvalue weighted by Gasteiger charge is -2.39. The highest BCUT2D eigenvalue weighted by Crippen LogP contribution is 2.35. The fraction of sp³-hybridized carbons (Fsp3) is 0.286. The molecule has 3 aromatic rings. The number of aromatic hydroxyl groups is 2. The van der Waals surface area contributed by atoms with Crippen LogP contribution in [-0.2, 0) is 4.74 Å². The van der Waals surface area contributed by atoms with Gasteiger partial charge in [0.2, 0.25) is 6.29 Å². The molecule has 10 heteroatoms. The Morgan fingerprint density at radius 3 is 2.45 bits per heavy atom. The van der Waals surface area contributed by atoms with Gasteiger partial charge in [-0.05, 0) is 12.1 Å². The largest absolute Gasteiger partial charge is 0.508 e. The summed E-state index contributed by atoms with van der Waals surface area (Å²) in [5.74, 6) is -0.571. The Labute approximate surface area is 174 Å². The minimum atomic E-state index is -1.62. The Balaban J connectivity index is 1.74. The van der Waals surface area contributed by atoms with Crippen molar-refractivity contribution in [3.63, 3.8) is 0 Å². The first kappa shape index (κ1) is 21.1. The quantitative estimate of drug-likeness (QED) is 0.331. The Bertz CT molecular complexity index is 1150. The van der Waals surface area contributed by atoms with Crippen molar-refractivity contribution in [3.05, 3.63) is 52.7 Å². The summed E-state index contributed by atoms with van der Waals surface area (Å²) in [6.45, 7) is -0.612. The van der Waals surface area contributed by atoms with E-state index in [2.05, 4.69) is 0 Å². The van der Waals surface area contributed by atoms with E-state index in [0.717, 1.165) is 12.1 Å². The van der Waals surface area contributed by atoms with Crippen molar-refractivity contribution in [2.75, 3.05) is 6.61 Å². The van der Waals surface area contributed by atoms with Gasteiger partial charge in [-0.1, -0.05) is 12.1 Å². The minimum Gasteiger partial charge on any atom is -0.508 e. The van der Waals surface area contributed by atoms with Crippen molar-refractivity contribution in [3.8, 4) is 28.6 Å². The average Bonchev–Trinajstić information content (AvgIpc) is 2.73. The maximum atomic E-state index is 12.5. The molecule has 0 saturated carbocycles. The molecule has 1 aliphatic heterocycles. The summed E-state index contributed by atoms with van der Waals surface area (Å²) in [5, 5.41) is 59.0. The second kappa shape index (κ2) is 8.17. The van der Waals surface area contributed by atoms with Crippen LogP contribution >= 0.6 is 0 Å². The van der Waals surface area contributed by atoms with E-state index in [1.165, 1.54) is 12.1 Å². The highest BCUT2D eigenvalue weighted by Gasteiger charge is 2.44. The van der Waals surface area contributed by atoms with Crippen LogP contribution in [0.5, 0.6) is 17.2 Å². The molecule has 0 radical (unpaired) electrons. The van der Waals surface area contributed by atoms with Gasteiger partial charge in [0.1, 0.15) is 58.4 Å². The van der Waals surface area contributed by atoms with Crippen LogP contribution < -0.4 is 10.2 Å². The van der Waals surface area contributed by atoms with E-state index in [1.54, 1.807) is 18.2 Å². The number of aliphatic hydroxyl groups is 4. The summed E-state index contributed by atoms with van der Waals surface area (Å²) in [5.41, 5.74) is -0.333. The molecule has 0 bridgehead atoms. The van der Waals surface area contributed by atoms with Crippen molar-refractivity contribution in [2.45, 2.75) is 30.7 Å². The summed E-state index contributed by atoms with van der Waals surface area (Å²) in [6, 6.07) is 9.65. The van der Waals surface area contributed by atoms with Gasteiger partial charge in [-0.3, -0.25) is 4.79 Å². The van der Waals surface area contributed by atoms with E-state index in [9.17, 15) is 35.4 Å². The van der Waals surface area contributed by atoms with Crippen molar-refractivity contribution in [1.82, 2.24) is 0 Å². The molecule has 0 spiro atoms. The Morgan fingerprint density at radius 2 is 1.71 bits per heavy atom. The number of hydrogen-bond donors (Lipinski definition) is 6. The van der Waals surface area contributed by atoms with Crippen LogP contribution in [0.15, 0.2) is 51.7 Å². The van der Waals surface area contributed by atoms with Crippen LogP contribution in [0.2, 0.25) is 0 Å². The zero-order chi connectivity index (χ0) is 22.3. The Morgan fingerprint density at radius 1 is 0.968 bits per heavy atom. The van der Waals surface area contributed by atoms with Gasteiger partial charge in [0.15, 0.2) is 5.43 Å². The number of rotatable bonds is 4. The Hall–Kier alpha value is -3.15. The second-order valence-electron chi connectivity index (χ2n) is 7.12. The van der Waals surface area contributed by atoms with E-state index in [0.29, 0.717) is 0 Å². The van der Waals surface area contributed by atoms with E-state index < -0.39 is 48.5 Å². The maximum absolute atomic E-state index is 12.5. The molecular formula is C21H20O10. The van der Waals surface area contributed by atoms with Crippen molar-refractivity contribution >= 4 is 11.0 Å². The summed E-state index contributed by atoms with van der Waals surface area (Å²) >= 11 is 0. The SMILES string of the molecule is O=c1cc(-c2ccccc2O[C@@H]2O[C@H](CO)[C@@H](O)[C@H](O)[C@H]2O)oc2cc(O)cc(O)c12. The molecule has 0 amide bonds. The van der Waals surface area contributed by atoms with Gasteiger partial charge < -0.3 is 44.5 Å². The molecule has 6 N–H and O–H groups in total. The molecule has 1 aliphatic rings. The molecule has 5 atom stereocenters. The van der Waals surface area contributed by atoms with Crippen LogP contribution in [0.3, 0.4) is 0 Å². The molecule has 0 aliphatic carbocycles. The predicted octanol–water partition coefficient (Wildman–Crippen LogP) is 0.0499. The lowest BCUT2D eigenvalue weighted by atomic mass is 9.99. The van der Waals surface area contributed by atoms with Gasteiger partial charge in [-0.25, -0.2) is 0 Å². The van der Waals surface area contributed by atoms with Gasteiger partial charge in [0, 0.05) is 18.2 Å². The molecule has 10 nitrogen and oxygen atoms in total. The molecule has 1 saturated heterocycles. The van der Waals surface area contributed by atoms with Crippen LogP contribution in [-0.4, -0.2) is 68.0 Å². The van der Waals surface area contributed by atoms with Gasteiger partial charge in [-0.2, -0.15) is 0 Å². The van der Waals surface area contributed by atoms with Crippen LogP contribution in [0.25, 0.3) is 22.3 Å². The monoisotopic (exact) mass is 432 g/mol. The number of phenolic OH excluding ortho intramolecular Hbond substituents is 2. The summed E-state index contributed by atoms with van der Waals surface area (Å²) in [6.07, 6.45) is -7.36. The van der Waals surface area contributed by atoms with Crippen molar-refractivity contribution in [1.29, 1.82) is 0 Å². The summed E-state index contributed by atoms with van der Waals surface area (Å²) in [7, 11) is 0. The lowest BCUT2D eigenvalue weighted by Crippen LogP contribution is -2.60. The first-order valence-electron chi connectivity index (χ1n) is 9.36. The molecule has 2 heterocycles. The number of para-hydroxylation sites is 1. The first-order chi connectivity index (χ1) is 14.8. The van der Waals surface area contributed by atoms with E-state index in [-0.39, 0.29) is 33.8 Å². The lowest BCUT2D eigenvalue weighted by molar-refractivity contribution is -0.277. The van der Waals surface area contributed by atoms with Crippen molar-refractivity contribution < 1.29 is 44.5 Å².